The van der Waals surface area contributed by atoms with E-state index < -0.39 is 42.1 Å². The number of aliphatic hydroxyl groups is 1. The van der Waals surface area contributed by atoms with Gasteiger partial charge in [0.25, 0.3) is 0 Å². The van der Waals surface area contributed by atoms with Gasteiger partial charge >= 0.3 is 5.63 Å². The molecule has 0 spiro atoms. The molecule has 2 aliphatic heterocycles. The van der Waals surface area contributed by atoms with Crippen molar-refractivity contribution in [3.63, 3.8) is 0 Å². The molecular weight excluding hydrogens is 354 g/mol. The van der Waals surface area contributed by atoms with Crippen molar-refractivity contribution in [2.45, 2.75) is 50.3 Å². The summed E-state index contributed by atoms with van der Waals surface area (Å²) in [4.78, 5) is 11.4. The van der Waals surface area contributed by atoms with E-state index in [2.05, 4.69) is 5.32 Å². The van der Waals surface area contributed by atoms with Gasteiger partial charge in [-0.2, -0.15) is 0 Å². The van der Waals surface area contributed by atoms with E-state index in [0.29, 0.717) is 12.1 Å². The zero-order valence-corrected chi connectivity index (χ0v) is 15.4. The molecule has 2 N–H and O–H groups in total. The molecule has 1 aromatic heterocycles. The lowest BCUT2D eigenvalue weighted by Crippen LogP contribution is -2.58. The number of methoxy groups -OCH3 is 1. The number of rotatable bonds is 4. The number of hydrogen-bond acceptors (Lipinski definition) is 8. The average molecular weight is 377 g/mol. The van der Waals surface area contributed by atoms with Crippen molar-refractivity contribution in [3.8, 4) is 0 Å². The minimum Gasteiger partial charge on any atom is -0.423 e. The second kappa shape index (κ2) is 6.88. The summed E-state index contributed by atoms with van der Waals surface area (Å²) in [5.41, 5.74) is 0.829. The minimum absolute atomic E-state index is 0.316. The van der Waals surface area contributed by atoms with Crippen LogP contribution in [0, 0.1) is 0 Å². The first-order valence-corrected chi connectivity index (χ1v) is 8.86. The van der Waals surface area contributed by atoms with Crippen LogP contribution in [0.15, 0.2) is 39.5 Å². The monoisotopic (exact) mass is 377 g/mol. The fourth-order valence-electron chi connectivity index (χ4n) is 3.58. The van der Waals surface area contributed by atoms with E-state index in [9.17, 15) is 9.90 Å². The summed E-state index contributed by atoms with van der Waals surface area (Å²) in [5, 5.41) is 14.7. The Hall–Kier alpha value is -1.97. The van der Waals surface area contributed by atoms with Crippen LogP contribution < -0.4 is 10.9 Å². The average Bonchev–Trinajstić information content (AvgIpc) is 2.96. The molecule has 2 aliphatic rings. The normalized spacial score (nSPS) is 32.4. The maximum atomic E-state index is 11.4. The number of fused-ring (bicyclic) bond motifs is 2. The first-order chi connectivity index (χ1) is 12.9. The topological polar surface area (TPSA) is 99.4 Å². The van der Waals surface area contributed by atoms with E-state index in [1.165, 1.54) is 13.2 Å². The van der Waals surface area contributed by atoms with Crippen LogP contribution in [-0.4, -0.2) is 55.3 Å². The second-order valence-electron chi connectivity index (χ2n) is 7.22. The Bertz CT molecular complexity index is 880. The lowest BCUT2D eigenvalue weighted by atomic mass is 9.99. The maximum absolute atomic E-state index is 11.4. The van der Waals surface area contributed by atoms with Gasteiger partial charge < -0.3 is 33.8 Å². The van der Waals surface area contributed by atoms with Crippen molar-refractivity contribution >= 4 is 16.7 Å². The summed E-state index contributed by atoms with van der Waals surface area (Å²) in [7, 11) is 1.53. The van der Waals surface area contributed by atoms with E-state index >= 15 is 0 Å². The van der Waals surface area contributed by atoms with Crippen molar-refractivity contribution in [1.82, 2.24) is 0 Å². The summed E-state index contributed by atoms with van der Waals surface area (Å²) < 4.78 is 28.1. The lowest BCUT2D eigenvalue weighted by molar-refractivity contribution is -0.263. The summed E-state index contributed by atoms with van der Waals surface area (Å²) in [6, 6.07) is 8.55. The van der Waals surface area contributed by atoms with Crippen LogP contribution in [0.1, 0.15) is 13.8 Å². The molecule has 27 heavy (non-hydrogen) atoms. The highest BCUT2D eigenvalue weighted by Crippen LogP contribution is 2.37. The first-order valence-electron chi connectivity index (χ1n) is 8.86. The van der Waals surface area contributed by atoms with Crippen LogP contribution in [0.4, 0.5) is 5.69 Å². The molecule has 2 saturated heterocycles. The predicted octanol–water partition coefficient (Wildman–Crippen LogP) is 1.46. The molecule has 4 rings (SSSR count). The lowest BCUT2D eigenvalue weighted by Gasteiger charge is -2.39. The molecule has 1 aromatic carbocycles. The van der Waals surface area contributed by atoms with E-state index in [-0.39, 0.29) is 0 Å². The third-order valence-corrected chi connectivity index (χ3v) is 4.82. The number of benzene rings is 1. The first kappa shape index (κ1) is 18.4. The Kier molecular flexibility index (Phi) is 4.69. The van der Waals surface area contributed by atoms with Gasteiger partial charge in [0.1, 0.15) is 30.0 Å². The Balaban J connectivity index is 1.48. The van der Waals surface area contributed by atoms with E-state index in [0.717, 1.165) is 11.1 Å². The number of anilines is 1. The van der Waals surface area contributed by atoms with Gasteiger partial charge in [0.15, 0.2) is 12.1 Å². The Labute approximate surface area is 156 Å². The number of hydrogen-bond donors (Lipinski definition) is 2. The highest BCUT2D eigenvalue weighted by molar-refractivity contribution is 5.80. The van der Waals surface area contributed by atoms with Crippen molar-refractivity contribution in [2.75, 3.05) is 19.0 Å². The van der Waals surface area contributed by atoms with Gasteiger partial charge in [0.2, 0.25) is 0 Å². The summed E-state index contributed by atoms with van der Waals surface area (Å²) in [5.74, 6) is -0.811. The van der Waals surface area contributed by atoms with Gasteiger partial charge in [-0.15, -0.1) is 0 Å². The summed E-state index contributed by atoms with van der Waals surface area (Å²) in [6.07, 6.45) is -3.12. The van der Waals surface area contributed by atoms with E-state index in [1.54, 1.807) is 26.0 Å². The fraction of sp³-hybridized carbons (Fsp3) is 0.526. The molecule has 0 aliphatic carbocycles. The van der Waals surface area contributed by atoms with Crippen LogP contribution in [-0.2, 0) is 18.9 Å². The molecule has 5 atom stereocenters. The van der Waals surface area contributed by atoms with Gasteiger partial charge in [0, 0.05) is 36.9 Å². The Morgan fingerprint density at radius 2 is 1.93 bits per heavy atom. The third-order valence-electron chi connectivity index (χ3n) is 4.82. The van der Waals surface area contributed by atoms with Gasteiger partial charge in [-0.1, -0.05) is 0 Å². The molecule has 8 nitrogen and oxygen atoms in total. The molecule has 0 bridgehead atoms. The number of ether oxygens (including phenoxy) is 4. The van der Waals surface area contributed by atoms with E-state index in [4.69, 9.17) is 23.4 Å². The van der Waals surface area contributed by atoms with Crippen LogP contribution in [0.2, 0.25) is 0 Å². The Morgan fingerprint density at radius 1 is 1.19 bits per heavy atom. The predicted molar refractivity (Wildman–Crippen MR) is 96.5 cm³/mol. The maximum Gasteiger partial charge on any atom is 0.336 e. The molecule has 0 amide bonds. The highest BCUT2D eigenvalue weighted by Gasteiger charge is 2.55. The molecular formula is C19H23NO7. The van der Waals surface area contributed by atoms with Gasteiger partial charge in [-0.25, -0.2) is 4.79 Å². The van der Waals surface area contributed by atoms with Crippen LogP contribution in [0.3, 0.4) is 0 Å². The van der Waals surface area contributed by atoms with Crippen molar-refractivity contribution < 1.29 is 28.5 Å². The van der Waals surface area contributed by atoms with Crippen LogP contribution in [0.25, 0.3) is 11.0 Å². The largest absolute Gasteiger partial charge is 0.423 e. The third kappa shape index (κ3) is 3.59. The quantitative estimate of drug-likeness (QED) is 0.773. The molecule has 3 unspecified atom stereocenters. The van der Waals surface area contributed by atoms with Crippen molar-refractivity contribution in [3.05, 3.63) is 40.8 Å². The zero-order valence-electron chi connectivity index (χ0n) is 15.4. The molecule has 3 heterocycles. The summed E-state index contributed by atoms with van der Waals surface area (Å²) in [6.45, 7) is 3.90. The van der Waals surface area contributed by atoms with Gasteiger partial charge in [-0.3, -0.25) is 0 Å². The molecule has 146 valence electrons. The van der Waals surface area contributed by atoms with Crippen LogP contribution in [0.5, 0.6) is 0 Å². The molecule has 2 aromatic rings. The smallest absolute Gasteiger partial charge is 0.336 e. The van der Waals surface area contributed by atoms with Crippen LogP contribution >= 0.6 is 0 Å². The van der Waals surface area contributed by atoms with Crippen molar-refractivity contribution in [2.24, 2.45) is 0 Å². The highest BCUT2D eigenvalue weighted by atomic mass is 16.8. The van der Waals surface area contributed by atoms with Gasteiger partial charge in [-0.05, 0) is 32.0 Å². The second-order valence-corrected chi connectivity index (χ2v) is 7.22. The Morgan fingerprint density at radius 3 is 2.70 bits per heavy atom. The molecule has 8 heteroatoms. The number of aliphatic hydroxyl groups excluding tert-OH is 1. The number of nitrogens with one attached hydrogen (secondary N) is 1. The molecule has 2 fully saturated rings. The summed E-state index contributed by atoms with van der Waals surface area (Å²) >= 11 is 0. The SMILES string of the molecule is CO[C@H]1OC(CNc2ccc3ccc(=O)oc3c2)[C@@H](O)C2OC(C)(C)OC21. The zero-order chi connectivity index (χ0) is 19.2. The van der Waals surface area contributed by atoms with Crippen molar-refractivity contribution in [1.29, 1.82) is 0 Å². The fourth-order valence-corrected chi connectivity index (χ4v) is 3.58. The van der Waals surface area contributed by atoms with E-state index in [1.807, 2.05) is 12.1 Å². The molecule has 0 saturated carbocycles. The standard InChI is InChI=1S/C19H23NO7/c1-19(2)26-16-15(22)13(25-18(23-3)17(16)27-19)9-20-11-6-4-10-5-7-14(21)24-12(10)8-11/h4-8,13,15-18,20,22H,9H2,1-3H3/t13?,15-,16?,17?,18+/m1/s1. The molecule has 0 radical (unpaired) electrons. The minimum atomic E-state index is -0.880. The van der Waals surface area contributed by atoms with Gasteiger partial charge in [0.05, 0.1) is 0 Å².